The summed E-state index contributed by atoms with van der Waals surface area (Å²) in [7, 11) is 0. The van der Waals surface area contributed by atoms with E-state index in [2.05, 4.69) is 10.3 Å². The first-order valence-corrected chi connectivity index (χ1v) is 10.4. The molecule has 0 saturated carbocycles. The van der Waals surface area contributed by atoms with Gasteiger partial charge in [0.2, 0.25) is 0 Å². The van der Waals surface area contributed by atoms with Gasteiger partial charge in [0, 0.05) is 22.5 Å². The van der Waals surface area contributed by atoms with Crippen LogP contribution in [0.4, 0.5) is 18.9 Å². The Labute approximate surface area is 193 Å². The Morgan fingerprint density at radius 2 is 1.59 bits per heavy atom. The summed E-state index contributed by atoms with van der Waals surface area (Å²) in [5, 5.41) is 4.56. The number of para-hydroxylation sites is 1. The third kappa shape index (κ3) is 4.93. The van der Waals surface area contributed by atoms with E-state index in [4.69, 9.17) is 0 Å². The van der Waals surface area contributed by atoms with Crippen molar-refractivity contribution in [2.45, 2.75) is 20.0 Å². The van der Waals surface area contributed by atoms with E-state index < -0.39 is 24.5 Å². The van der Waals surface area contributed by atoms with Gasteiger partial charge in [0.25, 0.3) is 11.8 Å². The molecule has 0 aliphatic rings. The van der Waals surface area contributed by atoms with Crippen LogP contribution in [0.2, 0.25) is 0 Å². The lowest BCUT2D eigenvalue weighted by Crippen LogP contribution is -2.33. The number of hydrogen-bond acceptors (Lipinski definition) is 3. The smallest absolute Gasteiger partial charge is 0.343 e. The molecular weight excluding hydrogens is 445 g/mol. The van der Waals surface area contributed by atoms with E-state index in [1.54, 1.807) is 25.1 Å². The summed E-state index contributed by atoms with van der Waals surface area (Å²) in [5.74, 6) is -0.534. The number of rotatable bonds is 5. The molecule has 4 rings (SSSR count). The largest absolute Gasteiger partial charge is 0.405 e. The van der Waals surface area contributed by atoms with Gasteiger partial charge < -0.3 is 10.6 Å². The first-order valence-electron chi connectivity index (χ1n) is 10.4. The highest BCUT2D eigenvalue weighted by atomic mass is 19.4. The van der Waals surface area contributed by atoms with E-state index in [1.165, 1.54) is 12.1 Å². The van der Waals surface area contributed by atoms with Crippen LogP contribution in [0.5, 0.6) is 0 Å². The van der Waals surface area contributed by atoms with E-state index in [0.29, 0.717) is 22.3 Å². The monoisotopic (exact) mass is 466 g/mol. The zero-order valence-electron chi connectivity index (χ0n) is 18.4. The van der Waals surface area contributed by atoms with Crippen LogP contribution in [0.3, 0.4) is 0 Å². The fraction of sp³-hybridized carbons (Fsp3) is 0.160. The van der Waals surface area contributed by atoms with Gasteiger partial charge in [-0.25, -0.2) is 4.98 Å². The molecule has 34 heavy (non-hydrogen) atoms. The molecular formula is C25H21F3N4O2. The molecule has 2 amide bonds. The molecule has 0 bridgehead atoms. The molecule has 1 aromatic heterocycles. The van der Waals surface area contributed by atoms with Crippen molar-refractivity contribution >= 4 is 28.5 Å². The third-order valence-corrected chi connectivity index (χ3v) is 5.30. The molecule has 3 aromatic carbocycles. The lowest BCUT2D eigenvalue weighted by atomic mass is 10.1. The normalized spacial score (nSPS) is 11.4. The van der Waals surface area contributed by atoms with Crippen molar-refractivity contribution in [1.29, 1.82) is 0 Å². The fourth-order valence-corrected chi connectivity index (χ4v) is 3.62. The Morgan fingerprint density at radius 3 is 2.29 bits per heavy atom. The second-order valence-electron chi connectivity index (χ2n) is 7.82. The van der Waals surface area contributed by atoms with Crippen molar-refractivity contribution < 1.29 is 22.8 Å². The number of benzene rings is 3. The van der Waals surface area contributed by atoms with Gasteiger partial charge in [0.1, 0.15) is 12.4 Å². The van der Waals surface area contributed by atoms with E-state index in [1.807, 2.05) is 53.2 Å². The minimum Gasteiger partial charge on any atom is -0.343 e. The Morgan fingerprint density at radius 1 is 0.912 bits per heavy atom. The highest BCUT2D eigenvalue weighted by molar-refractivity contribution is 6.07. The third-order valence-electron chi connectivity index (χ3n) is 5.30. The molecule has 0 radical (unpaired) electrons. The molecule has 0 spiro atoms. The summed E-state index contributed by atoms with van der Waals surface area (Å²) in [4.78, 5) is 29.6. The van der Waals surface area contributed by atoms with Crippen molar-refractivity contribution in [2.75, 3.05) is 11.9 Å². The van der Waals surface area contributed by atoms with Crippen LogP contribution in [-0.4, -0.2) is 34.1 Å². The Bertz CT molecular complexity index is 1380. The number of fused-ring (bicyclic) bond motifs is 1. The minimum absolute atomic E-state index is 0.0119. The highest BCUT2D eigenvalue weighted by Crippen LogP contribution is 2.24. The zero-order chi connectivity index (χ0) is 24.5. The average molecular weight is 466 g/mol. The number of nitrogens with one attached hydrogen (secondary N) is 2. The number of alkyl halides is 3. The van der Waals surface area contributed by atoms with Gasteiger partial charge in [-0.2, -0.15) is 13.2 Å². The number of aryl methyl sites for hydroxylation is 2. The van der Waals surface area contributed by atoms with Crippen LogP contribution < -0.4 is 10.6 Å². The maximum Gasteiger partial charge on any atom is 0.405 e. The molecule has 2 N–H and O–H groups in total. The summed E-state index contributed by atoms with van der Waals surface area (Å²) < 4.78 is 39.2. The molecule has 1 heterocycles. The van der Waals surface area contributed by atoms with E-state index >= 15 is 0 Å². The van der Waals surface area contributed by atoms with Gasteiger partial charge >= 0.3 is 6.18 Å². The number of hydrogen-bond donors (Lipinski definition) is 2. The van der Waals surface area contributed by atoms with Gasteiger partial charge in [-0.05, 0) is 61.9 Å². The van der Waals surface area contributed by atoms with Gasteiger partial charge in [0.05, 0.1) is 11.0 Å². The zero-order valence-corrected chi connectivity index (χ0v) is 18.4. The van der Waals surface area contributed by atoms with Gasteiger partial charge in [0.15, 0.2) is 0 Å². The summed E-state index contributed by atoms with van der Waals surface area (Å²) >= 11 is 0. The summed E-state index contributed by atoms with van der Waals surface area (Å²) in [6.07, 6.45) is -4.51. The molecule has 0 aliphatic heterocycles. The quantitative estimate of drug-likeness (QED) is 0.425. The Kier molecular flexibility index (Phi) is 6.10. The number of anilines is 1. The van der Waals surface area contributed by atoms with Crippen LogP contribution in [0.15, 0.2) is 66.7 Å². The maximum absolute atomic E-state index is 12.9. The van der Waals surface area contributed by atoms with E-state index in [-0.39, 0.29) is 5.56 Å². The standard InChI is InChI=1S/C25H21F3N4O2/c1-15-8-9-17(23(33)29-14-25(26,27)28)12-20(15)31-24(34)18-10-11-22-21(13-18)30-16(2)32(22)19-6-4-3-5-7-19/h3-13H,14H2,1-2H3,(H,29,33)(H,31,34). The van der Waals surface area contributed by atoms with Gasteiger partial charge in [-0.3, -0.25) is 14.2 Å². The molecule has 0 fully saturated rings. The number of aromatic nitrogens is 2. The van der Waals surface area contributed by atoms with Crippen molar-refractivity contribution in [3.05, 3.63) is 89.2 Å². The van der Waals surface area contributed by atoms with Crippen molar-refractivity contribution in [3.8, 4) is 5.69 Å². The van der Waals surface area contributed by atoms with Crippen LogP contribution in [0, 0.1) is 13.8 Å². The number of nitrogens with zero attached hydrogens (tertiary/aromatic N) is 2. The Balaban J connectivity index is 1.57. The first-order chi connectivity index (χ1) is 16.1. The Hall–Kier alpha value is -4.14. The van der Waals surface area contributed by atoms with Crippen LogP contribution in [0.25, 0.3) is 16.7 Å². The predicted octanol–water partition coefficient (Wildman–Crippen LogP) is 5.19. The van der Waals surface area contributed by atoms with Crippen LogP contribution in [-0.2, 0) is 0 Å². The average Bonchev–Trinajstić information content (AvgIpc) is 3.13. The second-order valence-corrected chi connectivity index (χ2v) is 7.82. The fourth-order valence-electron chi connectivity index (χ4n) is 3.62. The van der Waals surface area contributed by atoms with E-state index in [9.17, 15) is 22.8 Å². The molecule has 0 unspecified atom stereocenters. The number of carbonyl (C=O) groups excluding carboxylic acids is 2. The van der Waals surface area contributed by atoms with E-state index in [0.717, 1.165) is 17.0 Å². The number of carbonyl (C=O) groups is 2. The van der Waals surface area contributed by atoms with Crippen molar-refractivity contribution in [2.24, 2.45) is 0 Å². The lowest BCUT2D eigenvalue weighted by Gasteiger charge is -2.12. The lowest BCUT2D eigenvalue weighted by molar-refractivity contribution is -0.123. The van der Waals surface area contributed by atoms with Gasteiger partial charge in [-0.15, -0.1) is 0 Å². The maximum atomic E-state index is 12.9. The highest BCUT2D eigenvalue weighted by Gasteiger charge is 2.28. The summed E-state index contributed by atoms with van der Waals surface area (Å²) in [6.45, 7) is 2.17. The molecule has 4 aromatic rings. The minimum atomic E-state index is -4.51. The number of halogens is 3. The molecule has 9 heteroatoms. The summed E-state index contributed by atoms with van der Waals surface area (Å²) in [5.41, 5.74) is 3.80. The van der Waals surface area contributed by atoms with Crippen molar-refractivity contribution in [3.63, 3.8) is 0 Å². The number of amides is 2. The second kappa shape index (κ2) is 9.01. The number of imidazole rings is 1. The molecule has 0 saturated heterocycles. The topological polar surface area (TPSA) is 76.0 Å². The molecule has 0 atom stereocenters. The van der Waals surface area contributed by atoms with Gasteiger partial charge in [-0.1, -0.05) is 24.3 Å². The molecule has 0 aliphatic carbocycles. The summed E-state index contributed by atoms with van der Waals surface area (Å²) in [6, 6.07) is 19.2. The predicted molar refractivity (Wildman–Crippen MR) is 123 cm³/mol. The van der Waals surface area contributed by atoms with Crippen LogP contribution in [0.1, 0.15) is 32.1 Å². The molecule has 174 valence electrons. The molecule has 6 nitrogen and oxygen atoms in total. The van der Waals surface area contributed by atoms with Crippen molar-refractivity contribution in [1.82, 2.24) is 14.9 Å². The first kappa shape index (κ1) is 23.0. The van der Waals surface area contributed by atoms with Crippen LogP contribution >= 0.6 is 0 Å². The SMILES string of the molecule is Cc1ccc(C(=O)NCC(F)(F)F)cc1NC(=O)c1ccc2c(c1)nc(C)n2-c1ccccc1.